The van der Waals surface area contributed by atoms with E-state index in [1.165, 1.54) is 76.8 Å². The van der Waals surface area contributed by atoms with Crippen LogP contribution in [0.2, 0.25) is 0 Å². The molecule has 0 atom stereocenters. The molecule has 4 nitrogen and oxygen atoms in total. The first-order valence-corrected chi connectivity index (χ1v) is 30.6. The molecule has 0 N–H and O–H groups in total. The Labute approximate surface area is 508 Å². The second-order valence-electron chi connectivity index (χ2n) is 26.0. The van der Waals surface area contributed by atoms with Crippen molar-refractivity contribution in [2.45, 2.75) is 60.8 Å². The normalized spacial score (nSPS) is 13.1. The highest BCUT2D eigenvalue weighted by molar-refractivity contribution is 6.22. The predicted molar refractivity (Wildman–Crippen MR) is 368 cm³/mol. The molecule has 16 rings (SSSR count). The number of aryl methyl sites for hydroxylation is 2. The van der Waals surface area contributed by atoms with Crippen LogP contribution in [-0.4, -0.2) is 0 Å². The van der Waals surface area contributed by atoms with Crippen molar-refractivity contribution in [1.82, 2.24) is 0 Å². The van der Waals surface area contributed by atoms with Crippen molar-refractivity contribution in [3.05, 3.63) is 277 Å². The van der Waals surface area contributed by atoms with E-state index < -0.39 is 5.41 Å². The minimum Gasteiger partial charge on any atom is -0.453 e. The second-order valence-corrected chi connectivity index (χ2v) is 26.0. The first kappa shape index (κ1) is 52.4. The van der Waals surface area contributed by atoms with Crippen molar-refractivity contribution < 1.29 is 8.83 Å². The average molecular weight is 1120 g/mol. The summed E-state index contributed by atoms with van der Waals surface area (Å²) in [6.45, 7) is 19.2. The highest BCUT2D eigenvalue weighted by Crippen LogP contribution is 2.69. The van der Waals surface area contributed by atoms with E-state index in [0.717, 1.165) is 89.1 Å². The lowest BCUT2D eigenvalue weighted by Gasteiger charge is -2.54. The molecule has 0 amide bonds. The zero-order valence-electron chi connectivity index (χ0n) is 50.5. The molecule has 0 fully saturated rings. The number of rotatable bonds is 8. The largest absolute Gasteiger partial charge is 0.453 e. The van der Waals surface area contributed by atoms with Crippen LogP contribution in [0.15, 0.2) is 264 Å². The van der Waals surface area contributed by atoms with E-state index >= 15 is 0 Å². The number of hydrogen-bond donors (Lipinski definition) is 0. The summed E-state index contributed by atoms with van der Waals surface area (Å²) in [5.41, 5.74) is 21.1. The minimum absolute atomic E-state index is 0.263. The molecule has 15 aromatic rings. The Balaban J connectivity index is 0.904. The minimum atomic E-state index is -0.475. The lowest BCUT2D eigenvalue weighted by Crippen LogP contribution is -2.50. The molecule has 1 aliphatic rings. The zero-order valence-corrected chi connectivity index (χ0v) is 50.5. The van der Waals surface area contributed by atoms with Crippen molar-refractivity contribution >= 4 is 110 Å². The van der Waals surface area contributed by atoms with Crippen molar-refractivity contribution in [3.8, 4) is 33.4 Å². The van der Waals surface area contributed by atoms with E-state index in [9.17, 15) is 0 Å². The summed E-state index contributed by atoms with van der Waals surface area (Å²) in [7, 11) is 0. The summed E-state index contributed by atoms with van der Waals surface area (Å²) >= 11 is 0. The number of nitrogens with zero attached hydrogens (tertiary/aromatic N) is 2. The molecular formula is C83H66N2O2. The fraction of sp³-hybridized carbons (Fsp3) is 0.133. The molecular weight excluding hydrogens is 1060 g/mol. The van der Waals surface area contributed by atoms with Crippen molar-refractivity contribution in [2.24, 2.45) is 10.8 Å². The average Bonchev–Trinajstić information content (AvgIpc) is 1.52. The standard InChI is InChI=1S/C83H66N2O2/c1-51-25-15-17-31-58(51)64-35-21-37-66-68-39-23-41-72(79(68)86-77(64)66)84(54-27-11-9-12-28-54)56-44-47-60-53(49-56)43-46-70-74-62-34-20-19-33-61(62)71-50-57(45-48-63(71)76(74)83(75(60)70,81(3,4)5)82(6,7)8)85(55-29-13-10-14-30-55)73-42-24-40-69-67-38-22-36-65(78(67)87-80(69)73)59-32-18-16-26-52(59)2/h9-50H,1-8H3. The zero-order chi connectivity index (χ0) is 59.1. The maximum absolute atomic E-state index is 7.21. The van der Waals surface area contributed by atoms with Crippen LogP contribution in [-0.2, 0) is 5.41 Å². The second kappa shape index (κ2) is 19.4. The lowest BCUT2D eigenvalue weighted by atomic mass is 9.49. The molecule has 4 heteroatoms. The maximum atomic E-state index is 7.21. The number of benzene rings is 13. The molecule has 0 saturated heterocycles. The number of furan rings is 2. The van der Waals surface area contributed by atoms with Gasteiger partial charge in [0.2, 0.25) is 0 Å². The predicted octanol–water partition coefficient (Wildman–Crippen LogP) is 24.2. The fourth-order valence-electron chi connectivity index (χ4n) is 16.0. The van der Waals surface area contributed by atoms with Crippen LogP contribution < -0.4 is 9.80 Å². The Morgan fingerprint density at radius 1 is 0.287 bits per heavy atom. The fourth-order valence-corrected chi connectivity index (χ4v) is 16.0. The molecule has 0 unspecified atom stereocenters. The summed E-state index contributed by atoms with van der Waals surface area (Å²) in [5.74, 6) is 0. The van der Waals surface area contributed by atoms with Crippen LogP contribution in [0.25, 0.3) is 110 Å². The topological polar surface area (TPSA) is 32.8 Å². The third-order valence-electron chi connectivity index (χ3n) is 19.2. The third kappa shape index (κ3) is 7.69. The van der Waals surface area contributed by atoms with Crippen LogP contribution in [0, 0.1) is 24.7 Å². The van der Waals surface area contributed by atoms with Gasteiger partial charge in [-0.15, -0.1) is 0 Å². The van der Waals surface area contributed by atoms with E-state index in [1.807, 2.05) is 0 Å². The molecule has 1 aliphatic carbocycles. The lowest BCUT2D eigenvalue weighted by molar-refractivity contribution is 0.0977. The van der Waals surface area contributed by atoms with Gasteiger partial charge < -0.3 is 18.6 Å². The summed E-state index contributed by atoms with van der Waals surface area (Å²) in [6, 6.07) is 93.4. The molecule has 0 bridgehead atoms. The van der Waals surface area contributed by atoms with Gasteiger partial charge in [0, 0.05) is 60.8 Å². The first-order valence-electron chi connectivity index (χ1n) is 30.6. The van der Waals surface area contributed by atoms with Gasteiger partial charge in [-0.1, -0.05) is 236 Å². The summed E-state index contributed by atoms with van der Waals surface area (Å²) in [4.78, 5) is 4.78. The third-order valence-corrected chi connectivity index (χ3v) is 19.2. The Bertz CT molecular complexity index is 5270. The van der Waals surface area contributed by atoms with Crippen molar-refractivity contribution in [2.75, 3.05) is 9.80 Å². The molecule has 420 valence electrons. The first-order chi connectivity index (χ1) is 42.3. The van der Waals surface area contributed by atoms with Crippen LogP contribution in [0.1, 0.15) is 63.8 Å². The van der Waals surface area contributed by atoms with Gasteiger partial charge >= 0.3 is 0 Å². The van der Waals surface area contributed by atoms with Crippen molar-refractivity contribution in [1.29, 1.82) is 0 Å². The molecule has 2 aromatic heterocycles. The molecule has 0 radical (unpaired) electrons. The number of fused-ring (bicyclic) bond motifs is 16. The molecule has 87 heavy (non-hydrogen) atoms. The number of para-hydroxylation sites is 6. The van der Waals surface area contributed by atoms with Gasteiger partial charge in [-0.05, 0) is 162 Å². The quantitative estimate of drug-likeness (QED) is 0.142. The Kier molecular flexibility index (Phi) is 11.7. The van der Waals surface area contributed by atoms with Crippen molar-refractivity contribution in [3.63, 3.8) is 0 Å². The van der Waals surface area contributed by atoms with E-state index in [0.29, 0.717) is 0 Å². The summed E-state index contributed by atoms with van der Waals surface area (Å²) < 4.78 is 14.4. The Morgan fingerprint density at radius 2 is 0.713 bits per heavy atom. The van der Waals surface area contributed by atoms with Gasteiger partial charge in [0.25, 0.3) is 0 Å². The molecule has 0 saturated carbocycles. The van der Waals surface area contributed by atoms with Crippen LogP contribution in [0.5, 0.6) is 0 Å². The highest BCUT2D eigenvalue weighted by atomic mass is 16.3. The smallest absolute Gasteiger partial charge is 0.159 e. The SMILES string of the molecule is Cc1ccccc1-c1cccc2c1oc1c(N(c3ccccc3)c3ccc4c5c(ccc4c3)-c3c(c4ccc(N(c6ccccc6)c6cccc7c6oc6c(-c8ccccc8C)cccc67)cc4c4ccccc34)C5(C(C)(C)C)C(C)(C)C)cccc12. The number of anilines is 6. The maximum Gasteiger partial charge on any atom is 0.159 e. The van der Waals surface area contributed by atoms with Gasteiger partial charge in [0.15, 0.2) is 11.2 Å². The summed E-state index contributed by atoms with van der Waals surface area (Å²) in [5, 5.41) is 11.8. The van der Waals surface area contributed by atoms with Crippen LogP contribution in [0.3, 0.4) is 0 Å². The molecule has 0 aliphatic heterocycles. The molecule has 2 heterocycles. The van der Waals surface area contributed by atoms with Crippen LogP contribution in [0.4, 0.5) is 34.1 Å². The van der Waals surface area contributed by atoms with Gasteiger partial charge in [0.05, 0.1) is 11.4 Å². The van der Waals surface area contributed by atoms with Gasteiger partial charge in [-0.2, -0.15) is 0 Å². The van der Waals surface area contributed by atoms with E-state index in [-0.39, 0.29) is 10.8 Å². The van der Waals surface area contributed by atoms with Gasteiger partial charge in [-0.3, -0.25) is 0 Å². The van der Waals surface area contributed by atoms with E-state index in [4.69, 9.17) is 8.83 Å². The Hall–Kier alpha value is -10.2. The Morgan fingerprint density at radius 3 is 1.23 bits per heavy atom. The summed E-state index contributed by atoms with van der Waals surface area (Å²) in [6.07, 6.45) is 0. The van der Waals surface area contributed by atoms with Gasteiger partial charge in [-0.25, -0.2) is 0 Å². The number of hydrogen-bond acceptors (Lipinski definition) is 4. The van der Waals surface area contributed by atoms with E-state index in [2.05, 4.69) is 320 Å². The molecule has 0 spiro atoms. The highest BCUT2D eigenvalue weighted by Gasteiger charge is 2.59. The van der Waals surface area contributed by atoms with Gasteiger partial charge in [0.1, 0.15) is 11.2 Å². The van der Waals surface area contributed by atoms with Crippen LogP contribution >= 0.6 is 0 Å². The molecule has 13 aromatic carbocycles. The monoisotopic (exact) mass is 1120 g/mol. The van der Waals surface area contributed by atoms with E-state index in [1.54, 1.807) is 0 Å².